The normalized spacial score (nSPS) is 11.3. The van der Waals surface area contributed by atoms with Gasteiger partial charge >= 0.3 is 6.01 Å². The fraction of sp³-hybridized carbons (Fsp3) is 0.118. The average molecular weight is 392 g/mol. The van der Waals surface area contributed by atoms with E-state index >= 15 is 0 Å². The van der Waals surface area contributed by atoms with Gasteiger partial charge in [-0.3, -0.25) is 10.1 Å². The Balaban J connectivity index is 1.79. The quantitative estimate of drug-likeness (QED) is 0.714. The first-order valence-electron chi connectivity index (χ1n) is 7.62. The van der Waals surface area contributed by atoms with Crippen molar-refractivity contribution < 1.29 is 17.6 Å². The number of amides is 1. The summed E-state index contributed by atoms with van der Waals surface area (Å²) in [5.74, 6) is -0.379. The highest BCUT2D eigenvalue weighted by atomic mass is 35.5. The second kappa shape index (κ2) is 7.27. The monoisotopic (exact) mass is 391 g/mol. The Hall–Kier alpha value is -2.71. The van der Waals surface area contributed by atoms with Crippen LogP contribution in [0.5, 0.6) is 0 Å². The molecule has 7 nitrogen and oxygen atoms in total. The summed E-state index contributed by atoms with van der Waals surface area (Å²) in [6.07, 6.45) is 0. The van der Waals surface area contributed by atoms with Gasteiger partial charge in [0, 0.05) is 16.1 Å². The number of nitrogens with zero attached hydrogens (tertiary/aromatic N) is 2. The van der Waals surface area contributed by atoms with Gasteiger partial charge in [-0.25, -0.2) is 8.42 Å². The summed E-state index contributed by atoms with van der Waals surface area (Å²) in [6, 6.07) is 12.4. The van der Waals surface area contributed by atoms with Crippen molar-refractivity contribution in [3.8, 4) is 11.5 Å². The molecular formula is C17H14ClN3O4S. The van der Waals surface area contributed by atoms with Crippen molar-refractivity contribution in [3.63, 3.8) is 0 Å². The summed E-state index contributed by atoms with van der Waals surface area (Å²) in [5, 5.41) is 10.7. The van der Waals surface area contributed by atoms with Crippen LogP contribution in [-0.4, -0.2) is 30.3 Å². The van der Waals surface area contributed by atoms with Crippen molar-refractivity contribution in [3.05, 3.63) is 59.1 Å². The number of aromatic nitrogens is 2. The minimum absolute atomic E-state index is 0.0494. The molecule has 0 aliphatic rings. The van der Waals surface area contributed by atoms with E-state index in [9.17, 15) is 13.2 Å². The van der Waals surface area contributed by atoms with Crippen LogP contribution in [0.15, 0.2) is 57.8 Å². The van der Waals surface area contributed by atoms with Gasteiger partial charge in [0.25, 0.3) is 5.91 Å². The van der Waals surface area contributed by atoms with Crippen LogP contribution in [0.2, 0.25) is 5.02 Å². The summed E-state index contributed by atoms with van der Waals surface area (Å²) < 4.78 is 29.3. The van der Waals surface area contributed by atoms with Gasteiger partial charge in [-0.15, -0.1) is 5.10 Å². The number of hydrogen-bond donors (Lipinski definition) is 1. The molecule has 0 unspecified atom stereocenters. The minimum atomic E-state index is -3.40. The van der Waals surface area contributed by atoms with Crippen LogP contribution in [0.3, 0.4) is 0 Å². The molecule has 1 N–H and O–H groups in total. The molecule has 0 saturated heterocycles. The first-order chi connectivity index (χ1) is 12.4. The molecule has 0 bridgehead atoms. The number of anilines is 1. The Labute approximate surface area is 154 Å². The van der Waals surface area contributed by atoms with Crippen LogP contribution in [0.1, 0.15) is 17.3 Å². The van der Waals surface area contributed by atoms with Crippen LogP contribution < -0.4 is 5.32 Å². The van der Waals surface area contributed by atoms with Crippen LogP contribution in [0.4, 0.5) is 6.01 Å². The average Bonchev–Trinajstić information content (AvgIpc) is 3.11. The lowest BCUT2D eigenvalue weighted by Gasteiger charge is -2.04. The predicted octanol–water partition coefficient (Wildman–Crippen LogP) is 3.44. The number of rotatable bonds is 5. The maximum Gasteiger partial charge on any atom is 0.322 e. The highest BCUT2D eigenvalue weighted by Crippen LogP contribution is 2.22. The fourth-order valence-electron chi connectivity index (χ4n) is 2.15. The van der Waals surface area contributed by atoms with Gasteiger partial charge in [0.2, 0.25) is 5.89 Å². The van der Waals surface area contributed by atoms with Gasteiger partial charge in [-0.05, 0) is 42.5 Å². The minimum Gasteiger partial charge on any atom is -0.403 e. The van der Waals surface area contributed by atoms with E-state index in [0.29, 0.717) is 10.6 Å². The van der Waals surface area contributed by atoms with Crippen molar-refractivity contribution in [1.82, 2.24) is 10.2 Å². The second-order valence-electron chi connectivity index (χ2n) is 5.30. The van der Waals surface area contributed by atoms with Crippen LogP contribution >= 0.6 is 11.6 Å². The number of carbonyl (C=O) groups excluding carboxylic acids is 1. The molecule has 0 radical (unpaired) electrons. The van der Waals surface area contributed by atoms with Gasteiger partial charge < -0.3 is 4.42 Å². The molecule has 0 atom stereocenters. The summed E-state index contributed by atoms with van der Waals surface area (Å²) >= 11 is 5.83. The summed E-state index contributed by atoms with van der Waals surface area (Å²) in [4.78, 5) is 12.4. The molecule has 0 spiro atoms. The van der Waals surface area contributed by atoms with Crippen molar-refractivity contribution in [2.75, 3.05) is 11.1 Å². The van der Waals surface area contributed by atoms with Gasteiger partial charge in [-0.1, -0.05) is 29.7 Å². The molecule has 1 heterocycles. The SMILES string of the molecule is CCS(=O)(=O)c1cccc(C(=O)Nc2nnc(-c3ccc(Cl)cc3)o2)c1. The highest BCUT2D eigenvalue weighted by Gasteiger charge is 2.16. The van der Waals surface area contributed by atoms with E-state index < -0.39 is 15.7 Å². The first-order valence-corrected chi connectivity index (χ1v) is 9.65. The predicted molar refractivity (Wildman–Crippen MR) is 96.9 cm³/mol. The van der Waals surface area contributed by atoms with E-state index in [1.807, 2.05) is 0 Å². The Morgan fingerprint density at radius 3 is 2.58 bits per heavy atom. The van der Waals surface area contributed by atoms with Gasteiger partial charge in [0.1, 0.15) is 0 Å². The number of sulfone groups is 1. The van der Waals surface area contributed by atoms with Crippen LogP contribution in [-0.2, 0) is 9.84 Å². The molecule has 1 aromatic heterocycles. The zero-order valence-electron chi connectivity index (χ0n) is 13.6. The first kappa shape index (κ1) is 18.1. The maximum absolute atomic E-state index is 12.3. The Kier molecular flexibility index (Phi) is 5.06. The van der Waals surface area contributed by atoms with Gasteiger partial charge in [-0.2, -0.15) is 0 Å². The molecule has 9 heteroatoms. The zero-order chi connectivity index (χ0) is 18.7. The number of hydrogen-bond acceptors (Lipinski definition) is 6. The molecule has 0 fully saturated rings. The van der Waals surface area contributed by atoms with E-state index in [-0.39, 0.29) is 28.1 Å². The number of carbonyl (C=O) groups is 1. The third-order valence-electron chi connectivity index (χ3n) is 3.57. The van der Waals surface area contributed by atoms with E-state index in [2.05, 4.69) is 15.5 Å². The molecule has 1 amide bonds. The largest absolute Gasteiger partial charge is 0.403 e. The molecule has 134 valence electrons. The molecular weight excluding hydrogens is 378 g/mol. The zero-order valence-corrected chi connectivity index (χ0v) is 15.2. The van der Waals surface area contributed by atoms with Crippen LogP contribution in [0, 0.1) is 0 Å². The number of benzene rings is 2. The van der Waals surface area contributed by atoms with Gasteiger partial charge in [0.05, 0.1) is 10.6 Å². The van der Waals surface area contributed by atoms with E-state index in [4.69, 9.17) is 16.0 Å². The highest BCUT2D eigenvalue weighted by molar-refractivity contribution is 7.91. The standard InChI is InChI=1S/C17H14ClN3O4S/c1-2-26(23,24)14-5-3-4-12(10-14)15(22)19-17-21-20-16(25-17)11-6-8-13(18)9-7-11/h3-10H,2H2,1H3,(H,19,21,22). The molecule has 2 aromatic carbocycles. The van der Waals surface area contributed by atoms with E-state index in [0.717, 1.165) is 0 Å². The second-order valence-corrected chi connectivity index (χ2v) is 8.02. The maximum atomic E-state index is 12.3. The Morgan fingerprint density at radius 2 is 1.88 bits per heavy atom. The fourth-order valence-corrected chi connectivity index (χ4v) is 3.20. The lowest BCUT2D eigenvalue weighted by Crippen LogP contribution is -2.13. The molecule has 0 aliphatic carbocycles. The number of halogens is 1. The van der Waals surface area contributed by atoms with Gasteiger partial charge in [0.15, 0.2) is 9.84 Å². The molecule has 3 rings (SSSR count). The molecule has 0 aliphatic heterocycles. The third-order valence-corrected chi connectivity index (χ3v) is 5.56. The van der Waals surface area contributed by atoms with Crippen molar-refractivity contribution in [2.45, 2.75) is 11.8 Å². The summed E-state index contributed by atoms with van der Waals surface area (Å²) in [6.45, 7) is 1.54. The Morgan fingerprint density at radius 1 is 1.15 bits per heavy atom. The van der Waals surface area contributed by atoms with Crippen molar-refractivity contribution in [2.24, 2.45) is 0 Å². The van der Waals surface area contributed by atoms with E-state index in [1.54, 1.807) is 31.2 Å². The molecule has 3 aromatic rings. The molecule has 26 heavy (non-hydrogen) atoms. The lowest BCUT2D eigenvalue weighted by molar-refractivity contribution is 0.102. The van der Waals surface area contributed by atoms with Crippen molar-refractivity contribution >= 4 is 33.4 Å². The summed E-state index contributed by atoms with van der Waals surface area (Å²) in [7, 11) is -3.40. The third kappa shape index (κ3) is 3.92. The molecule has 0 saturated carbocycles. The van der Waals surface area contributed by atoms with Crippen molar-refractivity contribution in [1.29, 1.82) is 0 Å². The number of nitrogens with one attached hydrogen (secondary N) is 1. The van der Waals surface area contributed by atoms with E-state index in [1.165, 1.54) is 24.3 Å². The van der Waals surface area contributed by atoms with Crippen LogP contribution in [0.25, 0.3) is 11.5 Å². The smallest absolute Gasteiger partial charge is 0.322 e. The summed E-state index contributed by atoms with van der Waals surface area (Å²) in [5.41, 5.74) is 0.823. The topological polar surface area (TPSA) is 102 Å². The Bertz CT molecular complexity index is 1050. The lowest BCUT2D eigenvalue weighted by atomic mass is 10.2.